The molecule has 0 amide bonds. The third-order valence-corrected chi connectivity index (χ3v) is 3.68. The Hall–Kier alpha value is -2.94. The average molecular weight is 290 g/mol. The van der Waals surface area contributed by atoms with Crippen LogP contribution in [0, 0.1) is 0 Å². The normalized spacial score (nSPS) is 10.4. The number of carbonyl (C=O) groups is 2. The lowest BCUT2D eigenvalue weighted by atomic mass is 10.0. The predicted octanol–water partition coefficient (Wildman–Crippen LogP) is 4.06. The van der Waals surface area contributed by atoms with E-state index in [0.29, 0.717) is 11.1 Å². The topological polar surface area (TPSA) is 43.4 Å². The van der Waals surface area contributed by atoms with Gasteiger partial charge in [0.15, 0.2) is 6.29 Å². The largest absolute Gasteiger partial charge is 0.465 e. The molecule has 108 valence electrons. The van der Waals surface area contributed by atoms with Crippen LogP contribution in [0.3, 0.4) is 0 Å². The molecule has 22 heavy (non-hydrogen) atoms. The van der Waals surface area contributed by atoms with Crippen LogP contribution in [-0.2, 0) is 4.74 Å². The van der Waals surface area contributed by atoms with Crippen LogP contribution >= 0.6 is 0 Å². The third-order valence-electron chi connectivity index (χ3n) is 3.68. The Morgan fingerprint density at radius 1 is 0.909 bits per heavy atom. The highest BCUT2D eigenvalue weighted by molar-refractivity contribution is 5.99. The van der Waals surface area contributed by atoms with Gasteiger partial charge in [0.2, 0.25) is 0 Å². The van der Waals surface area contributed by atoms with Crippen molar-refractivity contribution < 1.29 is 14.3 Å². The van der Waals surface area contributed by atoms with Gasteiger partial charge < -0.3 is 4.74 Å². The van der Waals surface area contributed by atoms with Crippen molar-refractivity contribution in [1.82, 2.24) is 0 Å². The van der Waals surface area contributed by atoms with Gasteiger partial charge in [-0.25, -0.2) is 4.79 Å². The predicted molar refractivity (Wildman–Crippen MR) is 85.2 cm³/mol. The summed E-state index contributed by atoms with van der Waals surface area (Å²) in [4.78, 5) is 23.0. The smallest absolute Gasteiger partial charge is 0.337 e. The van der Waals surface area contributed by atoms with Crippen molar-refractivity contribution in [2.75, 3.05) is 7.11 Å². The van der Waals surface area contributed by atoms with Crippen molar-refractivity contribution in [3.05, 3.63) is 71.8 Å². The number of benzene rings is 1. The Bertz CT molecular complexity index is 806. The fourth-order valence-electron chi connectivity index (χ4n) is 2.59. The zero-order chi connectivity index (χ0) is 15.5. The van der Waals surface area contributed by atoms with Crippen LogP contribution in [0.1, 0.15) is 20.7 Å². The summed E-state index contributed by atoms with van der Waals surface area (Å²) in [5.74, 6) is -0.397. The van der Waals surface area contributed by atoms with Gasteiger partial charge in [-0.3, -0.25) is 4.79 Å². The van der Waals surface area contributed by atoms with E-state index in [9.17, 15) is 9.59 Å². The molecule has 0 N–H and O–H groups in total. The van der Waals surface area contributed by atoms with Crippen molar-refractivity contribution in [3.63, 3.8) is 0 Å². The highest BCUT2D eigenvalue weighted by Gasteiger charge is 2.16. The van der Waals surface area contributed by atoms with Crippen LogP contribution < -0.4 is 0 Å². The molecule has 0 aliphatic heterocycles. The Labute approximate surface area is 128 Å². The van der Waals surface area contributed by atoms with E-state index in [2.05, 4.69) is 0 Å². The van der Waals surface area contributed by atoms with Gasteiger partial charge in [0.05, 0.1) is 12.7 Å². The van der Waals surface area contributed by atoms with E-state index in [-0.39, 0.29) is 0 Å². The number of aldehydes is 1. The standard InChI is InChI=1S/C19H14O3/c1-22-19(21)14-7-9-16-15(12-20)11-18(17(16)10-8-14)13-5-3-2-4-6-13/h2-12H,1H3. The number of rotatable bonds is 3. The van der Waals surface area contributed by atoms with Crippen LogP contribution in [0.4, 0.5) is 0 Å². The Kier molecular flexibility index (Phi) is 3.71. The van der Waals surface area contributed by atoms with E-state index < -0.39 is 5.97 Å². The van der Waals surface area contributed by atoms with Crippen LogP contribution in [0.25, 0.3) is 22.3 Å². The average Bonchev–Trinajstić information content (AvgIpc) is 2.78. The molecule has 3 heteroatoms. The molecule has 1 aromatic carbocycles. The molecule has 0 atom stereocenters. The molecule has 0 bridgehead atoms. The minimum absolute atomic E-state index is 0.397. The summed E-state index contributed by atoms with van der Waals surface area (Å²) in [6.45, 7) is 0. The highest BCUT2D eigenvalue weighted by Crippen LogP contribution is 2.37. The lowest BCUT2D eigenvalue weighted by Crippen LogP contribution is -1.98. The van der Waals surface area contributed by atoms with E-state index in [0.717, 1.165) is 28.5 Å². The van der Waals surface area contributed by atoms with Crippen LogP contribution in [0.5, 0.6) is 0 Å². The molecule has 0 saturated carbocycles. The van der Waals surface area contributed by atoms with Gasteiger partial charge in [-0.2, -0.15) is 0 Å². The molecule has 3 nitrogen and oxygen atoms in total. The Morgan fingerprint density at radius 3 is 2.23 bits per heavy atom. The van der Waals surface area contributed by atoms with Gasteiger partial charge in [-0.1, -0.05) is 42.5 Å². The minimum Gasteiger partial charge on any atom is -0.465 e. The molecular weight excluding hydrogens is 276 g/mol. The molecule has 2 aliphatic rings. The molecule has 2 aliphatic carbocycles. The maximum atomic E-state index is 11.7. The second-order valence-electron chi connectivity index (χ2n) is 4.94. The van der Waals surface area contributed by atoms with Gasteiger partial charge >= 0.3 is 5.97 Å². The van der Waals surface area contributed by atoms with Crippen molar-refractivity contribution in [2.45, 2.75) is 0 Å². The van der Waals surface area contributed by atoms with Crippen LogP contribution in [0.15, 0.2) is 60.7 Å². The van der Waals surface area contributed by atoms with E-state index >= 15 is 0 Å². The molecule has 3 rings (SSSR count). The number of ether oxygens (including phenoxy) is 1. The van der Waals surface area contributed by atoms with Crippen molar-refractivity contribution in [2.24, 2.45) is 0 Å². The molecule has 0 radical (unpaired) electrons. The Balaban J connectivity index is 2.24. The lowest BCUT2D eigenvalue weighted by molar-refractivity contribution is 0.0601. The third kappa shape index (κ3) is 2.37. The quantitative estimate of drug-likeness (QED) is 0.539. The maximum Gasteiger partial charge on any atom is 0.337 e. The van der Waals surface area contributed by atoms with Crippen molar-refractivity contribution >= 4 is 12.3 Å². The van der Waals surface area contributed by atoms with Crippen molar-refractivity contribution in [1.29, 1.82) is 0 Å². The minimum atomic E-state index is -0.397. The molecular formula is C19H14O3. The SMILES string of the molecule is COC(=O)c1ccc2c(C=O)cc(-c3ccccc3)c-2cc1. The summed E-state index contributed by atoms with van der Waals surface area (Å²) in [5.41, 5.74) is 4.83. The first-order valence-electron chi connectivity index (χ1n) is 6.90. The van der Waals surface area contributed by atoms with E-state index in [1.807, 2.05) is 42.5 Å². The molecule has 0 heterocycles. The van der Waals surface area contributed by atoms with Crippen LogP contribution in [0.2, 0.25) is 0 Å². The molecule has 1 aromatic rings. The maximum absolute atomic E-state index is 11.7. The lowest BCUT2D eigenvalue weighted by Gasteiger charge is -2.01. The number of hydrogen-bond donors (Lipinski definition) is 0. The summed E-state index contributed by atoms with van der Waals surface area (Å²) in [5, 5.41) is 0. The molecule has 0 fully saturated rings. The van der Waals surface area contributed by atoms with E-state index in [4.69, 9.17) is 4.74 Å². The first-order valence-corrected chi connectivity index (χ1v) is 6.90. The molecule has 0 unspecified atom stereocenters. The number of fused-ring (bicyclic) bond motifs is 1. The first kappa shape index (κ1) is 14.0. The summed E-state index contributed by atoms with van der Waals surface area (Å²) < 4.78 is 4.74. The van der Waals surface area contributed by atoms with E-state index in [1.54, 1.807) is 18.2 Å². The molecule has 0 spiro atoms. The van der Waals surface area contributed by atoms with Gasteiger partial charge in [-0.15, -0.1) is 0 Å². The first-order chi connectivity index (χ1) is 10.7. The molecule has 0 aromatic heterocycles. The number of carbonyl (C=O) groups excluding carboxylic acids is 2. The van der Waals surface area contributed by atoms with Gasteiger partial charge in [0, 0.05) is 5.56 Å². The van der Waals surface area contributed by atoms with Gasteiger partial charge in [-0.05, 0) is 40.5 Å². The Morgan fingerprint density at radius 2 is 1.59 bits per heavy atom. The molecule has 0 saturated heterocycles. The number of methoxy groups -OCH3 is 1. The monoisotopic (exact) mass is 290 g/mol. The highest BCUT2D eigenvalue weighted by atomic mass is 16.5. The zero-order valence-electron chi connectivity index (χ0n) is 12.1. The van der Waals surface area contributed by atoms with Gasteiger partial charge in [0.25, 0.3) is 0 Å². The summed E-state index contributed by atoms with van der Waals surface area (Å²) >= 11 is 0. The number of hydrogen-bond acceptors (Lipinski definition) is 3. The van der Waals surface area contributed by atoms with Crippen LogP contribution in [-0.4, -0.2) is 19.4 Å². The fraction of sp³-hybridized carbons (Fsp3) is 0.0526. The number of esters is 1. The second-order valence-corrected chi connectivity index (χ2v) is 4.94. The van der Waals surface area contributed by atoms with Crippen molar-refractivity contribution in [3.8, 4) is 22.3 Å². The van der Waals surface area contributed by atoms with E-state index in [1.165, 1.54) is 7.11 Å². The second kappa shape index (κ2) is 5.82. The summed E-state index contributed by atoms with van der Waals surface area (Å²) in [6.07, 6.45) is 0.840. The van der Waals surface area contributed by atoms with Gasteiger partial charge in [0.1, 0.15) is 0 Å². The fourth-order valence-corrected chi connectivity index (χ4v) is 2.59. The summed E-state index contributed by atoms with van der Waals surface area (Å²) in [7, 11) is 1.35. The zero-order valence-corrected chi connectivity index (χ0v) is 12.1. The summed E-state index contributed by atoms with van der Waals surface area (Å²) in [6, 6.07) is 18.8.